The number of hydrogen-bond donors (Lipinski definition) is 1. The van der Waals surface area contributed by atoms with Gasteiger partial charge >= 0.3 is 0 Å². The smallest absolute Gasteiger partial charge is 0.253 e. The number of amides is 4. The van der Waals surface area contributed by atoms with E-state index in [1.54, 1.807) is 29.2 Å². The number of para-hydroxylation sites is 3. The first kappa shape index (κ1) is 25.7. The van der Waals surface area contributed by atoms with E-state index < -0.39 is 17.4 Å². The Bertz CT molecular complexity index is 1590. The molecule has 4 unspecified atom stereocenters. The molecule has 4 amide bonds. The van der Waals surface area contributed by atoms with Crippen LogP contribution in [0.2, 0.25) is 0 Å². The van der Waals surface area contributed by atoms with Gasteiger partial charge in [0, 0.05) is 29.5 Å². The number of anilines is 3. The van der Waals surface area contributed by atoms with Crippen LogP contribution in [-0.2, 0) is 31.1 Å². The molecule has 0 aromatic heterocycles. The fraction of sp³-hybridized carbons (Fsp3) is 0.333. The summed E-state index contributed by atoms with van der Waals surface area (Å²) < 4.78 is 0. The third kappa shape index (κ3) is 3.63. The fourth-order valence-corrected chi connectivity index (χ4v) is 7.46. The maximum atomic E-state index is 14.7. The summed E-state index contributed by atoms with van der Waals surface area (Å²) in [6.45, 7) is 4.55. The minimum atomic E-state index is -1.43. The summed E-state index contributed by atoms with van der Waals surface area (Å²) in [5.41, 5.74) is 2.32. The second-order valence-electron chi connectivity index (χ2n) is 11.9. The molecule has 4 heterocycles. The van der Waals surface area contributed by atoms with Gasteiger partial charge < -0.3 is 9.80 Å². The van der Waals surface area contributed by atoms with Crippen molar-refractivity contribution >= 4 is 40.7 Å². The van der Waals surface area contributed by atoms with Gasteiger partial charge in [0.2, 0.25) is 17.7 Å². The van der Waals surface area contributed by atoms with E-state index in [-0.39, 0.29) is 42.1 Å². The number of rotatable bonds is 5. The molecule has 4 aliphatic rings. The van der Waals surface area contributed by atoms with Crippen molar-refractivity contribution < 1.29 is 19.2 Å². The first-order chi connectivity index (χ1) is 19.8. The second kappa shape index (κ2) is 9.38. The SMILES string of the molecule is CC(C)CC1NC2(C(=O)N(CC(=O)N3CCc4ccccc43)c3ccccc32)C2C(=O)N(c3ccccc3)C(=O)C12. The normalized spacial score (nSPS) is 26.4. The molecule has 0 bridgehead atoms. The third-order valence-corrected chi connectivity index (χ3v) is 9.09. The van der Waals surface area contributed by atoms with Crippen LogP contribution in [0.1, 0.15) is 31.4 Å². The lowest BCUT2D eigenvalue weighted by molar-refractivity contribution is -0.132. The number of carbonyl (C=O) groups excluding carboxylic acids is 4. The first-order valence-electron chi connectivity index (χ1n) is 14.3. The summed E-state index contributed by atoms with van der Waals surface area (Å²) in [5.74, 6) is -2.57. The van der Waals surface area contributed by atoms with E-state index in [0.717, 1.165) is 17.7 Å². The lowest BCUT2D eigenvalue weighted by atomic mass is 9.76. The summed E-state index contributed by atoms with van der Waals surface area (Å²) in [7, 11) is 0. The van der Waals surface area contributed by atoms with Crippen LogP contribution in [0.25, 0.3) is 0 Å². The first-order valence-corrected chi connectivity index (χ1v) is 14.3. The second-order valence-corrected chi connectivity index (χ2v) is 11.9. The molecule has 0 aliphatic carbocycles. The summed E-state index contributed by atoms with van der Waals surface area (Å²) >= 11 is 0. The molecule has 4 atom stereocenters. The van der Waals surface area contributed by atoms with E-state index in [9.17, 15) is 19.2 Å². The lowest BCUT2D eigenvalue weighted by Gasteiger charge is -2.31. The number of fused-ring (bicyclic) bond motifs is 5. The van der Waals surface area contributed by atoms with E-state index in [1.165, 1.54) is 9.80 Å². The predicted molar refractivity (Wildman–Crippen MR) is 155 cm³/mol. The number of hydrogen-bond acceptors (Lipinski definition) is 5. The topological polar surface area (TPSA) is 90.0 Å². The van der Waals surface area contributed by atoms with Gasteiger partial charge in [-0.25, -0.2) is 4.90 Å². The highest BCUT2D eigenvalue weighted by Crippen LogP contribution is 2.55. The van der Waals surface area contributed by atoms with Gasteiger partial charge in [0.15, 0.2) is 0 Å². The molecule has 7 rings (SSSR count). The Balaban J connectivity index is 1.30. The number of nitrogens with one attached hydrogen (secondary N) is 1. The molecule has 1 N–H and O–H groups in total. The molecule has 2 saturated heterocycles. The van der Waals surface area contributed by atoms with Crippen molar-refractivity contribution in [3.63, 3.8) is 0 Å². The Morgan fingerprint density at radius 2 is 1.59 bits per heavy atom. The molecule has 3 aromatic rings. The summed E-state index contributed by atoms with van der Waals surface area (Å²) in [5, 5.41) is 3.54. The van der Waals surface area contributed by atoms with Gasteiger partial charge in [0.05, 0.1) is 17.5 Å². The number of imide groups is 1. The predicted octanol–water partition coefficient (Wildman–Crippen LogP) is 3.64. The highest BCUT2D eigenvalue weighted by molar-refractivity contribution is 6.26. The van der Waals surface area contributed by atoms with E-state index in [2.05, 4.69) is 19.2 Å². The van der Waals surface area contributed by atoms with Crippen molar-refractivity contribution in [2.24, 2.45) is 17.8 Å². The quantitative estimate of drug-likeness (QED) is 0.492. The van der Waals surface area contributed by atoms with Gasteiger partial charge in [0.25, 0.3) is 5.91 Å². The van der Waals surface area contributed by atoms with Crippen LogP contribution in [0.4, 0.5) is 17.1 Å². The van der Waals surface area contributed by atoms with E-state index in [4.69, 9.17) is 0 Å². The van der Waals surface area contributed by atoms with E-state index in [0.29, 0.717) is 29.9 Å². The molecule has 3 aromatic carbocycles. The van der Waals surface area contributed by atoms with Gasteiger partial charge in [-0.1, -0.05) is 68.4 Å². The number of nitrogens with zero attached hydrogens (tertiary/aromatic N) is 3. The maximum Gasteiger partial charge on any atom is 0.253 e. The molecule has 4 aliphatic heterocycles. The van der Waals surface area contributed by atoms with Crippen molar-refractivity contribution in [2.75, 3.05) is 27.8 Å². The zero-order valence-corrected chi connectivity index (χ0v) is 23.1. The van der Waals surface area contributed by atoms with Crippen molar-refractivity contribution in [2.45, 2.75) is 38.3 Å². The monoisotopic (exact) mass is 548 g/mol. The van der Waals surface area contributed by atoms with Crippen LogP contribution >= 0.6 is 0 Å². The molecular weight excluding hydrogens is 516 g/mol. The molecule has 1 spiro atoms. The average Bonchev–Trinajstić information content (AvgIpc) is 3.68. The molecule has 208 valence electrons. The van der Waals surface area contributed by atoms with Crippen LogP contribution < -0.4 is 20.0 Å². The fourth-order valence-electron chi connectivity index (χ4n) is 7.46. The molecule has 8 nitrogen and oxygen atoms in total. The summed E-state index contributed by atoms with van der Waals surface area (Å²) in [6, 6.07) is 23.7. The largest absolute Gasteiger partial charge is 0.310 e. The van der Waals surface area contributed by atoms with Gasteiger partial charge in [-0.2, -0.15) is 0 Å². The van der Waals surface area contributed by atoms with Crippen molar-refractivity contribution in [1.82, 2.24) is 5.32 Å². The molecule has 2 fully saturated rings. The number of benzene rings is 3. The minimum absolute atomic E-state index is 0.148. The van der Waals surface area contributed by atoms with Crippen LogP contribution in [-0.4, -0.2) is 42.8 Å². The lowest BCUT2D eigenvalue weighted by Crippen LogP contribution is -2.56. The van der Waals surface area contributed by atoms with Crippen LogP contribution in [0.5, 0.6) is 0 Å². The van der Waals surface area contributed by atoms with Gasteiger partial charge in [-0.3, -0.25) is 24.5 Å². The Labute approximate surface area is 238 Å². The average molecular weight is 549 g/mol. The third-order valence-electron chi connectivity index (χ3n) is 9.09. The zero-order valence-electron chi connectivity index (χ0n) is 23.1. The van der Waals surface area contributed by atoms with Crippen molar-refractivity contribution in [1.29, 1.82) is 0 Å². The highest BCUT2D eigenvalue weighted by Gasteiger charge is 2.71. The zero-order chi connectivity index (χ0) is 28.5. The van der Waals surface area contributed by atoms with Crippen LogP contribution in [0.15, 0.2) is 78.9 Å². The van der Waals surface area contributed by atoms with Crippen LogP contribution in [0.3, 0.4) is 0 Å². The maximum absolute atomic E-state index is 14.7. The summed E-state index contributed by atoms with van der Waals surface area (Å²) in [4.78, 5) is 61.1. The van der Waals surface area contributed by atoms with Crippen molar-refractivity contribution in [3.05, 3.63) is 90.0 Å². The Morgan fingerprint density at radius 3 is 2.34 bits per heavy atom. The molecule has 0 radical (unpaired) electrons. The van der Waals surface area contributed by atoms with Gasteiger partial charge in [-0.15, -0.1) is 0 Å². The van der Waals surface area contributed by atoms with Gasteiger partial charge in [0.1, 0.15) is 12.1 Å². The van der Waals surface area contributed by atoms with Crippen molar-refractivity contribution in [3.8, 4) is 0 Å². The molecule has 41 heavy (non-hydrogen) atoms. The Kier molecular flexibility index (Phi) is 5.87. The standard InChI is InChI=1S/C33H32N4O4/c1-20(2)18-24-28-29(31(40)37(30(28)39)22-11-4-3-5-12-22)33(34-24)23-13-7-9-15-26(23)36(32(33)41)19-27(38)35-17-16-21-10-6-8-14-25(21)35/h3-15,20,24,28-29,34H,16-19H2,1-2H3. The summed E-state index contributed by atoms with van der Waals surface area (Å²) in [6.07, 6.45) is 1.40. The van der Waals surface area contributed by atoms with Gasteiger partial charge in [-0.05, 0) is 48.6 Å². The molecule has 0 saturated carbocycles. The van der Waals surface area contributed by atoms with E-state index >= 15 is 0 Å². The Morgan fingerprint density at radius 1 is 0.902 bits per heavy atom. The number of carbonyl (C=O) groups is 4. The van der Waals surface area contributed by atoms with Crippen LogP contribution in [0, 0.1) is 17.8 Å². The Hall–Kier alpha value is -4.30. The van der Waals surface area contributed by atoms with E-state index in [1.807, 2.05) is 54.6 Å². The minimum Gasteiger partial charge on any atom is -0.310 e. The molecule has 8 heteroatoms. The highest BCUT2D eigenvalue weighted by atomic mass is 16.2. The molecular formula is C33H32N4O4.